The highest BCUT2D eigenvalue weighted by Crippen LogP contribution is 2.35. The Bertz CT molecular complexity index is 1700. The molecule has 38 heavy (non-hydrogen) atoms. The lowest BCUT2D eigenvalue weighted by Crippen LogP contribution is -2.40. The van der Waals surface area contributed by atoms with E-state index in [4.69, 9.17) is 14.1 Å². The van der Waals surface area contributed by atoms with Crippen LogP contribution in [0.4, 0.5) is 0 Å². The van der Waals surface area contributed by atoms with Gasteiger partial charge in [0.25, 0.3) is 5.56 Å². The fourth-order valence-electron chi connectivity index (χ4n) is 4.38. The maximum absolute atomic E-state index is 13.9. The summed E-state index contributed by atoms with van der Waals surface area (Å²) in [6, 6.07) is 18.6. The van der Waals surface area contributed by atoms with E-state index in [1.165, 1.54) is 16.9 Å². The second-order valence-corrected chi connectivity index (χ2v) is 11.6. The van der Waals surface area contributed by atoms with Crippen LogP contribution in [0.3, 0.4) is 0 Å². The molecular formula is C29H24Br2N2O4S. The van der Waals surface area contributed by atoms with Gasteiger partial charge in [-0.3, -0.25) is 9.36 Å². The minimum Gasteiger partial charge on any atom is -0.463 e. The van der Waals surface area contributed by atoms with E-state index >= 15 is 0 Å². The first-order valence-electron chi connectivity index (χ1n) is 12.1. The first-order chi connectivity index (χ1) is 18.3. The molecule has 0 bridgehead atoms. The van der Waals surface area contributed by atoms with Gasteiger partial charge in [0.15, 0.2) is 9.47 Å². The molecule has 1 aliphatic heterocycles. The van der Waals surface area contributed by atoms with Crippen molar-refractivity contribution < 1.29 is 13.9 Å². The van der Waals surface area contributed by atoms with Crippen LogP contribution in [0, 0.1) is 0 Å². The molecule has 0 radical (unpaired) electrons. The van der Waals surface area contributed by atoms with Crippen molar-refractivity contribution >= 4 is 60.9 Å². The SMILES string of the molecule is CCOC(=O)C1=C(c2ccccc2)N=c2s/c(=C/c3cc(Br)c(Br)o3)c(=O)n2[C@H]1c1ccc(C(C)C)cc1. The van der Waals surface area contributed by atoms with Crippen LogP contribution in [0.2, 0.25) is 0 Å². The van der Waals surface area contributed by atoms with Gasteiger partial charge < -0.3 is 9.15 Å². The van der Waals surface area contributed by atoms with Gasteiger partial charge in [0.1, 0.15) is 5.76 Å². The molecule has 3 heterocycles. The molecule has 2 aromatic heterocycles. The molecule has 9 heteroatoms. The van der Waals surface area contributed by atoms with Crippen molar-refractivity contribution in [2.75, 3.05) is 6.61 Å². The number of thiazole rings is 1. The van der Waals surface area contributed by atoms with Gasteiger partial charge in [-0.05, 0) is 61.9 Å². The maximum Gasteiger partial charge on any atom is 0.338 e. The van der Waals surface area contributed by atoms with Crippen LogP contribution in [0.25, 0.3) is 11.8 Å². The summed E-state index contributed by atoms with van der Waals surface area (Å²) in [5.74, 6) is 0.360. The van der Waals surface area contributed by atoms with E-state index < -0.39 is 12.0 Å². The van der Waals surface area contributed by atoms with Gasteiger partial charge in [0.2, 0.25) is 0 Å². The molecular weight excluding hydrogens is 632 g/mol. The van der Waals surface area contributed by atoms with Crippen molar-refractivity contribution in [1.82, 2.24) is 4.57 Å². The second-order valence-electron chi connectivity index (χ2n) is 9.02. The molecule has 0 N–H and O–H groups in total. The van der Waals surface area contributed by atoms with E-state index in [-0.39, 0.29) is 12.2 Å². The number of hydrogen-bond acceptors (Lipinski definition) is 6. The Morgan fingerprint density at radius 3 is 2.47 bits per heavy atom. The Hall–Kier alpha value is -3.01. The Morgan fingerprint density at radius 2 is 1.87 bits per heavy atom. The number of furan rings is 1. The zero-order chi connectivity index (χ0) is 27.0. The minimum atomic E-state index is -0.709. The Labute approximate surface area is 240 Å². The molecule has 0 fully saturated rings. The van der Waals surface area contributed by atoms with Crippen molar-refractivity contribution in [3.8, 4) is 0 Å². The summed E-state index contributed by atoms with van der Waals surface area (Å²) in [5, 5.41) is 0. The van der Waals surface area contributed by atoms with Crippen molar-refractivity contribution in [3.63, 3.8) is 0 Å². The summed E-state index contributed by atoms with van der Waals surface area (Å²) in [6.07, 6.45) is 1.69. The summed E-state index contributed by atoms with van der Waals surface area (Å²) in [7, 11) is 0. The number of halogens is 2. The lowest BCUT2D eigenvalue weighted by atomic mass is 9.91. The van der Waals surface area contributed by atoms with E-state index in [1.807, 2.05) is 54.6 Å². The summed E-state index contributed by atoms with van der Waals surface area (Å²) >= 11 is 8.01. The lowest BCUT2D eigenvalue weighted by molar-refractivity contribution is -0.138. The van der Waals surface area contributed by atoms with Crippen molar-refractivity contribution in [1.29, 1.82) is 0 Å². The predicted octanol–water partition coefficient (Wildman–Crippen LogP) is 6.18. The van der Waals surface area contributed by atoms with Gasteiger partial charge in [0.05, 0.1) is 32.9 Å². The van der Waals surface area contributed by atoms with Gasteiger partial charge in [-0.2, -0.15) is 0 Å². The molecule has 194 valence electrons. The van der Waals surface area contributed by atoms with Crippen LogP contribution < -0.4 is 14.9 Å². The summed E-state index contributed by atoms with van der Waals surface area (Å²) in [6.45, 7) is 6.22. The maximum atomic E-state index is 13.9. The number of carbonyl (C=O) groups excluding carboxylic acids is 1. The van der Waals surface area contributed by atoms with E-state index in [1.54, 1.807) is 23.6 Å². The zero-order valence-electron chi connectivity index (χ0n) is 20.9. The Kier molecular flexibility index (Phi) is 7.70. The van der Waals surface area contributed by atoms with Crippen molar-refractivity contribution in [2.45, 2.75) is 32.7 Å². The molecule has 1 atom stereocenters. The molecule has 0 saturated carbocycles. The molecule has 0 saturated heterocycles. The molecule has 0 spiro atoms. The van der Waals surface area contributed by atoms with Gasteiger partial charge in [-0.25, -0.2) is 9.79 Å². The third-order valence-electron chi connectivity index (χ3n) is 6.23. The molecule has 0 unspecified atom stereocenters. The number of ether oxygens (including phenoxy) is 1. The van der Waals surface area contributed by atoms with Crippen LogP contribution in [-0.4, -0.2) is 17.1 Å². The standard InChI is InChI=1S/C29H24Br2N2O4S/c1-4-36-28(35)23-24(18-8-6-5-7-9-18)32-29-33(25(23)19-12-10-17(11-13-19)16(2)3)27(34)22(38-29)15-20-14-21(30)26(31)37-20/h5-16,25H,4H2,1-3H3/b22-15+/t25-/m0/s1. The normalized spacial score (nSPS) is 15.5. The number of nitrogens with zero attached hydrogens (tertiary/aromatic N) is 2. The van der Waals surface area contributed by atoms with Crippen LogP contribution >= 0.6 is 43.2 Å². The van der Waals surface area contributed by atoms with Crippen molar-refractivity contribution in [2.24, 2.45) is 4.99 Å². The van der Waals surface area contributed by atoms with E-state index in [9.17, 15) is 9.59 Å². The molecule has 5 rings (SSSR count). The molecule has 0 amide bonds. The first-order valence-corrected chi connectivity index (χ1v) is 14.5. The highest BCUT2D eigenvalue weighted by atomic mass is 79.9. The number of aromatic nitrogens is 1. The minimum absolute atomic E-state index is 0.204. The molecule has 0 aliphatic carbocycles. The highest BCUT2D eigenvalue weighted by Gasteiger charge is 2.35. The third-order valence-corrected chi connectivity index (χ3v) is 8.92. The lowest BCUT2D eigenvalue weighted by Gasteiger charge is -2.26. The number of hydrogen-bond donors (Lipinski definition) is 0. The monoisotopic (exact) mass is 654 g/mol. The molecule has 4 aromatic rings. The van der Waals surface area contributed by atoms with Crippen molar-refractivity contribution in [3.05, 3.63) is 118 Å². The highest BCUT2D eigenvalue weighted by molar-refractivity contribution is 9.13. The van der Waals surface area contributed by atoms with Crippen LogP contribution in [0.1, 0.15) is 55.2 Å². The number of esters is 1. The largest absolute Gasteiger partial charge is 0.463 e. The number of benzene rings is 2. The first kappa shape index (κ1) is 26.6. The Morgan fingerprint density at radius 1 is 1.16 bits per heavy atom. The van der Waals surface area contributed by atoms with Crippen LogP contribution in [-0.2, 0) is 9.53 Å². The average molecular weight is 656 g/mol. The quantitative estimate of drug-likeness (QED) is 0.233. The summed E-state index contributed by atoms with van der Waals surface area (Å²) in [5.41, 5.74) is 3.31. The topological polar surface area (TPSA) is 73.8 Å². The summed E-state index contributed by atoms with van der Waals surface area (Å²) < 4.78 is 14.5. The summed E-state index contributed by atoms with van der Waals surface area (Å²) in [4.78, 5) is 32.7. The second kappa shape index (κ2) is 11.0. The molecule has 2 aromatic carbocycles. The van der Waals surface area contributed by atoms with Gasteiger partial charge >= 0.3 is 5.97 Å². The Balaban J connectivity index is 1.81. The zero-order valence-corrected chi connectivity index (χ0v) is 24.9. The van der Waals surface area contributed by atoms with E-state index in [0.717, 1.165) is 15.6 Å². The predicted molar refractivity (Wildman–Crippen MR) is 156 cm³/mol. The average Bonchev–Trinajstić information content (AvgIpc) is 3.40. The molecule has 6 nitrogen and oxygen atoms in total. The number of fused-ring (bicyclic) bond motifs is 1. The van der Waals surface area contributed by atoms with E-state index in [0.29, 0.717) is 37.0 Å². The number of rotatable bonds is 6. The van der Waals surface area contributed by atoms with Gasteiger partial charge in [-0.15, -0.1) is 0 Å². The third kappa shape index (κ3) is 5.02. The smallest absolute Gasteiger partial charge is 0.338 e. The molecule has 1 aliphatic rings. The van der Waals surface area contributed by atoms with Crippen LogP contribution in [0.5, 0.6) is 0 Å². The van der Waals surface area contributed by atoms with E-state index in [2.05, 4.69) is 45.7 Å². The van der Waals surface area contributed by atoms with Gasteiger partial charge in [0, 0.05) is 11.6 Å². The van der Waals surface area contributed by atoms with Gasteiger partial charge in [-0.1, -0.05) is 79.8 Å². The fraction of sp³-hybridized carbons (Fsp3) is 0.207. The fourth-order valence-corrected chi connectivity index (χ4v) is 5.97. The van der Waals surface area contributed by atoms with Crippen LogP contribution in [0.15, 0.2) is 89.6 Å². The number of carbonyl (C=O) groups is 1.